The number of pyridine rings is 1. The van der Waals surface area contributed by atoms with Gasteiger partial charge in [-0.05, 0) is 57.9 Å². The molecule has 4 heterocycles. The third-order valence-electron chi connectivity index (χ3n) is 9.91. The van der Waals surface area contributed by atoms with Crippen molar-refractivity contribution in [2.45, 2.75) is 0 Å². The van der Waals surface area contributed by atoms with Crippen LogP contribution in [0.15, 0.2) is 167 Å². The Hall–Kier alpha value is -7.18. The van der Waals surface area contributed by atoms with Crippen LogP contribution >= 0.6 is 0 Å². The van der Waals surface area contributed by atoms with Gasteiger partial charge in [-0.15, -0.1) is 0 Å². The lowest BCUT2D eigenvalue weighted by Gasteiger charge is -2.11. The molecule has 0 atom stereocenters. The number of rotatable bonds is 4. The fourth-order valence-electron chi connectivity index (χ4n) is 7.39. The van der Waals surface area contributed by atoms with Crippen molar-refractivity contribution in [2.75, 3.05) is 0 Å². The molecule has 0 saturated carbocycles. The fourth-order valence-corrected chi connectivity index (χ4v) is 7.39. The first-order chi connectivity index (χ1) is 25.7. The SMILES string of the molecule is c1ccc(-c2nc(-c3ccc4ccccc4c3)nc(-c3cc(-c4cccc5c4oc4ccccc45)nc4oc5cc6ccccc6cc5c34)n2)cc1. The Balaban J connectivity index is 1.23. The van der Waals surface area contributed by atoms with Crippen LogP contribution in [-0.2, 0) is 0 Å². The Morgan fingerprint density at radius 1 is 0.365 bits per heavy atom. The molecule has 6 heteroatoms. The number of para-hydroxylation sites is 2. The van der Waals surface area contributed by atoms with Gasteiger partial charge in [0, 0.05) is 38.4 Å². The van der Waals surface area contributed by atoms with E-state index in [0.29, 0.717) is 28.9 Å². The van der Waals surface area contributed by atoms with E-state index in [1.165, 1.54) is 0 Å². The first-order valence-electron chi connectivity index (χ1n) is 17.2. The van der Waals surface area contributed by atoms with E-state index in [4.69, 9.17) is 28.8 Å². The summed E-state index contributed by atoms with van der Waals surface area (Å²) in [6, 6.07) is 53.6. The van der Waals surface area contributed by atoms with Gasteiger partial charge < -0.3 is 8.83 Å². The van der Waals surface area contributed by atoms with Crippen LogP contribution < -0.4 is 0 Å². The maximum absolute atomic E-state index is 6.62. The van der Waals surface area contributed by atoms with E-state index in [1.807, 2.05) is 78.9 Å². The molecule has 0 spiro atoms. The minimum absolute atomic E-state index is 0.500. The number of nitrogens with zero attached hydrogens (tertiary/aromatic N) is 4. The molecule has 0 aliphatic rings. The molecule has 52 heavy (non-hydrogen) atoms. The lowest BCUT2D eigenvalue weighted by Crippen LogP contribution is -2.01. The summed E-state index contributed by atoms with van der Waals surface area (Å²) >= 11 is 0. The van der Waals surface area contributed by atoms with E-state index < -0.39 is 0 Å². The molecule has 242 valence electrons. The third kappa shape index (κ3) is 4.51. The second kappa shape index (κ2) is 11.2. The minimum atomic E-state index is 0.500. The Morgan fingerprint density at radius 3 is 1.88 bits per heavy atom. The number of fused-ring (bicyclic) bond motifs is 8. The van der Waals surface area contributed by atoms with Gasteiger partial charge in [0.05, 0.1) is 11.1 Å². The van der Waals surface area contributed by atoms with Crippen LogP contribution in [-0.4, -0.2) is 19.9 Å². The molecule has 0 N–H and O–H groups in total. The fraction of sp³-hybridized carbons (Fsp3) is 0. The van der Waals surface area contributed by atoms with Gasteiger partial charge in [-0.2, -0.15) is 0 Å². The molecule has 0 aliphatic heterocycles. The van der Waals surface area contributed by atoms with E-state index in [-0.39, 0.29) is 0 Å². The van der Waals surface area contributed by atoms with Crippen molar-refractivity contribution >= 4 is 65.6 Å². The Kier molecular flexibility index (Phi) is 6.15. The quantitative estimate of drug-likeness (QED) is 0.186. The van der Waals surface area contributed by atoms with Crippen molar-refractivity contribution < 1.29 is 8.83 Å². The smallest absolute Gasteiger partial charge is 0.228 e. The molecule has 4 aromatic heterocycles. The Morgan fingerprint density at radius 2 is 1.04 bits per heavy atom. The minimum Gasteiger partial charge on any atom is -0.455 e. The molecule has 0 fully saturated rings. The van der Waals surface area contributed by atoms with Gasteiger partial charge in [0.1, 0.15) is 16.7 Å². The lowest BCUT2D eigenvalue weighted by atomic mass is 10.0. The van der Waals surface area contributed by atoms with Gasteiger partial charge in [-0.1, -0.05) is 121 Å². The lowest BCUT2D eigenvalue weighted by molar-refractivity contribution is 0.654. The molecule has 0 bridgehead atoms. The molecule has 0 unspecified atom stereocenters. The number of furan rings is 2. The summed E-state index contributed by atoms with van der Waals surface area (Å²) in [5, 5.41) is 8.34. The summed E-state index contributed by atoms with van der Waals surface area (Å²) in [5.74, 6) is 1.69. The first-order valence-corrected chi connectivity index (χ1v) is 17.2. The highest BCUT2D eigenvalue weighted by atomic mass is 16.3. The van der Waals surface area contributed by atoms with Crippen LogP contribution in [0.3, 0.4) is 0 Å². The maximum atomic E-state index is 6.62. The highest BCUT2D eigenvalue weighted by molar-refractivity contribution is 6.16. The number of hydrogen-bond acceptors (Lipinski definition) is 6. The predicted molar refractivity (Wildman–Crippen MR) is 209 cm³/mol. The van der Waals surface area contributed by atoms with Crippen LogP contribution in [0.5, 0.6) is 0 Å². The molecule has 0 saturated heterocycles. The zero-order valence-electron chi connectivity index (χ0n) is 27.6. The van der Waals surface area contributed by atoms with E-state index in [2.05, 4.69) is 78.9 Å². The van der Waals surface area contributed by atoms with Crippen LogP contribution in [0.1, 0.15) is 0 Å². The van der Waals surface area contributed by atoms with Gasteiger partial charge in [0.2, 0.25) is 5.71 Å². The average molecular weight is 667 g/mol. The van der Waals surface area contributed by atoms with Gasteiger partial charge in [0.25, 0.3) is 0 Å². The molecule has 0 radical (unpaired) electrons. The van der Waals surface area contributed by atoms with Gasteiger partial charge >= 0.3 is 0 Å². The first kappa shape index (κ1) is 28.6. The highest BCUT2D eigenvalue weighted by Crippen LogP contribution is 2.42. The monoisotopic (exact) mass is 666 g/mol. The van der Waals surface area contributed by atoms with Gasteiger partial charge in [-0.25, -0.2) is 19.9 Å². The van der Waals surface area contributed by atoms with Crippen molar-refractivity contribution in [3.05, 3.63) is 158 Å². The summed E-state index contributed by atoms with van der Waals surface area (Å²) in [6.07, 6.45) is 0. The van der Waals surface area contributed by atoms with E-state index in [1.54, 1.807) is 0 Å². The summed E-state index contributed by atoms with van der Waals surface area (Å²) in [4.78, 5) is 20.6. The van der Waals surface area contributed by atoms with Crippen LogP contribution in [0.4, 0.5) is 0 Å². The topological polar surface area (TPSA) is 77.8 Å². The van der Waals surface area contributed by atoms with Gasteiger partial charge in [-0.3, -0.25) is 0 Å². The Bertz CT molecular complexity index is 3200. The van der Waals surface area contributed by atoms with E-state index in [0.717, 1.165) is 82.1 Å². The van der Waals surface area contributed by atoms with Crippen molar-refractivity contribution in [1.82, 2.24) is 19.9 Å². The highest BCUT2D eigenvalue weighted by Gasteiger charge is 2.23. The zero-order chi connectivity index (χ0) is 34.2. The summed E-state index contributed by atoms with van der Waals surface area (Å²) < 4.78 is 13.1. The van der Waals surface area contributed by atoms with E-state index >= 15 is 0 Å². The summed E-state index contributed by atoms with van der Waals surface area (Å²) in [5.41, 5.74) is 6.98. The summed E-state index contributed by atoms with van der Waals surface area (Å²) in [7, 11) is 0. The van der Waals surface area contributed by atoms with Crippen molar-refractivity contribution in [3.63, 3.8) is 0 Å². The van der Waals surface area contributed by atoms with Crippen molar-refractivity contribution in [2.24, 2.45) is 0 Å². The molecular weight excluding hydrogens is 641 g/mol. The second-order valence-corrected chi connectivity index (χ2v) is 13.0. The molecule has 11 rings (SSSR count). The predicted octanol–water partition coefficient (Wildman–Crippen LogP) is 12.0. The molecule has 11 aromatic rings. The zero-order valence-corrected chi connectivity index (χ0v) is 27.6. The molecule has 6 nitrogen and oxygen atoms in total. The average Bonchev–Trinajstić information content (AvgIpc) is 3.77. The Labute approximate surface area is 296 Å². The summed E-state index contributed by atoms with van der Waals surface area (Å²) in [6.45, 7) is 0. The second-order valence-electron chi connectivity index (χ2n) is 13.0. The third-order valence-corrected chi connectivity index (χ3v) is 9.91. The standard InChI is InChI=1S/C46H26N4O2/c1-2-12-28(13-3-1)43-48-44(32-22-21-27-11-4-5-14-29(27)23-32)50-45(49-43)37-26-38(35-19-10-18-34-33-17-8-9-20-39(33)51-42(34)35)47-46-41(37)36-24-30-15-6-7-16-31(30)25-40(36)52-46/h1-26H. The number of hydrogen-bond donors (Lipinski definition) is 0. The molecule has 0 amide bonds. The maximum Gasteiger partial charge on any atom is 0.228 e. The van der Waals surface area contributed by atoms with Gasteiger partial charge in [0.15, 0.2) is 17.5 Å². The van der Waals surface area contributed by atoms with Crippen molar-refractivity contribution in [1.29, 1.82) is 0 Å². The number of benzene rings is 7. The van der Waals surface area contributed by atoms with Crippen LogP contribution in [0.25, 0.3) is 111 Å². The normalized spacial score (nSPS) is 11.8. The molecule has 0 aliphatic carbocycles. The van der Waals surface area contributed by atoms with Crippen molar-refractivity contribution in [3.8, 4) is 45.4 Å². The van der Waals surface area contributed by atoms with Crippen LogP contribution in [0, 0.1) is 0 Å². The van der Waals surface area contributed by atoms with Crippen LogP contribution in [0.2, 0.25) is 0 Å². The molecule has 7 aromatic carbocycles. The molecular formula is C46H26N4O2. The largest absolute Gasteiger partial charge is 0.455 e. The van der Waals surface area contributed by atoms with E-state index in [9.17, 15) is 0 Å². The number of aromatic nitrogens is 4.